The van der Waals surface area contributed by atoms with Crippen LogP contribution in [0.25, 0.3) is 0 Å². The summed E-state index contributed by atoms with van der Waals surface area (Å²) in [7, 11) is 1.73. The maximum atomic E-state index is 5.19. The number of hydrogen-bond acceptors (Lipinski definition) is 3. The highest BCUT2D eigenvalue weighted by molar-refractivity contribution is 5.28. The molecule has 0 aliphatic rings. The predicted octanol–water partition coefficient (Wildman–Crippen LogP) is 2.38. The van der Waals surface area contributed by atoms with Crippen LogP contribution in [0.2, 0.25) is 0 Å². The van der Waals surface area contributed by atoms with E-state index in [4.69, 9.17) is 4.74 Å². The Labute approximate surface area is 104 Å². The smallest absolute Gasteiger partial charge is 0.0727 e. The number of nitrogens with one attached hydrogen (secondary N) is 1. The van der Waals surface area contributed by atoms with Crippen molar-refractivity contribution >= 4 is 0 Å². The van der Waals surface area contributed by atoms with E-state index in [1.165, 1.54) is 11.3 Å². The second kappa shape index (κ2) is 6.17. The molecule has 0 aliphatic carbocycles. The van der Waals surface area contributed by atoms with Crippen molar-refractivity contribution in [3.8, 4) is 0 Å². The first-order chi connectivity index (χ1) is 8.02. The maximum absolute atomic E-state index is 5.19. The summed E-state index contributed by atoms with van der Waals surface area (Å²) in [5, 5.41) is 8.07. The van der Waals surface area contributed by atoms with Crippen molar-refractivity contribution < 1.29 is 4.74 Å². The third kappa shape index (κ3) is 3.07. The minimum Gasteiger partial charge on any atom is -0.382 e. The van der Waals surface area contributed by atoms with Gasteiger partial charge in [-0.05, 0) is 34.2 Å². The quantitative estimate of drug-likeness (QED) is 0.828. The largest absolute Gasteiger partial charge is 0.382 e. The molecule has 0 fully saturated rings. The highest BCUT2D eigenvalue weighted by Gasteiger charge is 2.19. The molecule has 0 radical (unpaired) electrons. The molecule has 1 heterocycles. The van der Waals surface area contributed by atoms with Gasteiger partial charge in [-0.15, -0.1) is 0 Å². The first kappa shape index (κ1) is 14.2. The number of nitrogens with zero attached hydrogens (tertiary/aromatic N) is 2. The number of aryl methyl sites for hydroxylation is 1. The molecule has 1 N–H and O–H groups in total. The summed E-state index contributed by atoms with van der Waals surface area (Å²) in [5.41, 5.74) is 3.66. The van der Waals surface area contributed by atoms with Crippen molar-refractivity contribution in [2.45, 2.75) is 46.7 Å². The van der Waals surface area contributed by atoms with Crippen molar-refractivity contribution in [1.29, 1.82) is 0 Å². The molecule has 0 amide bonds. The predicted molar refractivity (Wildman–Crippen MR) is 70.4 cm³/mol. The zero-order chi connectivity index (χ0) is 13.0. The summed E-state index contributed by atoms with van der Waals surface area (Å²) < 4.78 is 7.27. The number of ether oxygens (including phenoxy) is 1. The number of hydrogen-bond donors (Lipinski definition) is 1. The first-order valence-electron chi connectivity index (χ1n) is 6.30. The van der Waals surface area contributed by atoms with Crippen molar-refractivity contribution in [3.05, 3.63) is 17.0 Å². The molecule has 0 spiro atoms. The summed E-state index contributed by atoms with van der Waals surface area (Å²) in [6, 6.07) is 0.629. The molecule has 98 valence electrons. The lowest BCUT2D eigenvalue weighted by atomic mass is 10.1. The van der Waals surface area contributed by atoms with Gasteiger partial charge in [0.15, 0.2) is 0 Å². The van der Waals surface area contributed by atoms with Gasteiger partial charge in [0.25, 0.3) is 0 Å². The van der Waals surface area contributed by atoms with E-state index >= 15 is 0 Å². The highest BCUT2D eigenvalue weighted by Crippen LogP contribution is 2.23. The van der Waals surface area contributed by atoms with Gasteiger partial charge in [0.2, 0.25) is 0 Å². The Morgan fingerprint density at radius 1 is 1.35 bits per heavy atom. The second-order valence-electron chi connectivity index (χ2n) is 4.61. The lowest BCUT2D eigenvalue weighted by molar-refractivity contribution is 0.156. The standard InChI is InChI=1S/C13H25N3O/c1-7-14-10(3)13-11(4)15-16(12(13)5)9(2)8-17-6/h9-10,14H,7-8H2,1-6H3. The minimum atomic E-state index is 0.279. The van der Waals surface area contributed by atoms with Gasteiger partial charge < -0.3 is 10.1 Å². The number of rotatable bonds is 6. The van der Waals surface area contributed by atoms with Gasteiger partial charge in [-0.2, -0.15) is 5.10 Å². The van der Waals surface area contributed by atoms with Gasteiger partial charge in [-0.25, -0.2) is 0 Å². The summed E-state index contributed by atoms with van der Waals surface area (Å²) in [6.45, 7) is 12.3. The molecule has 17 heavy (non-hydrogen) atoms. The molecule has 4 nitrogen and oxygen atoms in total. The molecule has 0 saturated heterocycles. The molecular weight excluding hydrogens is 214 g/mol. The average molecular weight is 239 g/mol. The second-order valence-corrected chi connectivity index (χ2v) is 4.61. The van der Waals surface area contributed by atoms with E-state index in [1.54, 1.807) is 7.11 Å². The summed E-state index contributed by atoms with van der Waals surface area (Å²) in [4.78, 5) is 0. The Kier molecular flexibility index (Phi) is 5.15. The molecular formula is C13H25N3O. The van der Waals surface area contributed by atoms with Crippen molar-refractivity contribution in [2.24, 2.45) is 0 Å². The molecule has 4 heteroatoms. The van der Waals surface area contributed by atoms with E-state index in [9.17, 15) is 0 Å². The van der Waals surface area contributed by atoms with E-state index in [2.05, 4.69) is 49.7 Å². The van der Waals surface area contributed by atoms with Crippen molar-refractivity contribution in [3.63, 3.8) is 0 Å². The molecule has 1 aromatic heterocycles. The minimum absolute atomic E-state index is 0.279. The third-order valence-electron chi connectivity index (χ3n) is 3.15. The fraction of sp³-hybridized carbons (Fsp3) is 0.769. The fourth-order valence-corrected chi connectivity index (χ4v) is 2.45. The van der Waals surface area contributed by atoms with Crippen LogP contribution in [0.1, 0.15) is 49.8 Å². The van der Waals surface area contributed by atoms with Gasteiger partial charge >= 0.3 is 0 Å². The monoisotopic (exact) mass is 239 g/mol. The van der Waals surface area contributed by atoms with Gasteiger partial charge in [-0.3, -0.25) is 4.68 Å². The summed E-state index contributed by atoms with van der Waals surface area (Å²) in [5.74, 6) is 0. The average Bonchev–Trinajstić information content (AvgIpc) is 2.55. The molecule has 1 aromatic rings. The zero-order valence-electron chi connectivity index (χ0n) is 11.9. The normalized spacial score (nSPS) is 14.9. The molecule has 0 bridgehead atoms. The third-order valence-corrected chi connectivity index (χ3v) is 3.15. The Morgan fingerprint density at radius 3 is 2.53 bits per heavy atom. The fourth-order valence-electron chi connectivity index (χ4n) is 2.45. The SMILES string of the molecule is CCNC(C)c1c(C)nn(C(C)COC)c1C. The van der Waals surface area contributed by atoms with Crippen LogP contribution < -0.4 is 5.32 Å². The van der Waals surface area contributed by atoms with Crippen LogP contribution in [0.5, 0.6) is 0 Å². The van der Waals surface area contributed by atoms with Crippen LogP contribution >= 0.6 is 0 Å². The lowest BCUT2D eigenvalue weighted by Crippen LogP contribution is -2.19. The molecule has 2 unspecified atom stereocenters. The van der Waals surface area contributed by atoms with Crippen molar-refractivity contribution in [2.75, 3.05) is 20.3 Å². The van der Waals surface area contributed by atoms with E-state index < -0.39 is 0 Å². The molecule has 0 aliphatic heterocycles. The van der Waals surface area contributed by atoms with Gasteiger partial charge in [0.1, 0.15) is 0 Å². The van der Waals surface area contributed by atoms with Crippen LogP contribution in [0.15, 0.2) is 0 Å². The van der Waals surface area contributed by atoms with Crippen LogP contribution in [-0.2, 0) is 4.74 Å². The zero-order valence-corrected chi connectivity index (χ0v) is 11.9. The molecule has 0 aromatic carbocycles. The Bertz CT molecular complexity index is 360. The molecule has 0 saturated carbocycles. The Hall–Kier alpha value is -0.870. The maximum Gasteiger partial charge on any atom is 0.0727 e. The van der Waals surface area contributed by atoms with Crippen LogP contribution in [0.3, 0.4) is 0 Å². The molecule has 1 rings (SSSR count). The van der Waals surface area contributed by atoms with Gasteiger partial charge in [0.05, 0.1) is 18.3 Å². The summed E-state index contributed by atoms with van der Waals surface area (Å²) >= 11 is 0. The van der Waals surface area contributed by atoms with Crippen LogP contribution in [-0.4, -0.2) is 30.0 Å². The highest BCUT2D eigenvalue weighted by atomic mass is 16.5. The van der Waals surface area contributed by atoms with E-state index in [0.29, 0.717) is 12.6 Å². The topological polar surface area (TPSA) is 39.1 Å². The summed E-state index contributed by atoms with van der Waals surface area (Å²) in [6.07, 6.45) is 0. The van der Waals surface area contributed by atoms with Crippen LogP contribution in [0, 0.1) is 13.8 Å². The first-order valence-corrected chi connectivity index (χ1v) is 6.30. The van der Waals surface area contributed by atoms with Crippen LogP contribution in [0.4, 0.5) is 0 Å². The van der Waals surface area contributed by atoms with E-state index in [-0.39, 0.29) is 6.04 Å². The van der Waals surface area contributed by atoms with E-state index in [0.717, 1.165) is 12.2 Å². The number of aromatic nitrogens is 2. The Balaban J connectivity index is 3.00. The lowest BCUT2D eigenvalue weighted by Gasteiger charge is -2.16. The molecule has 2 atom stereocenters. The van der Waals surface area contributed by atoms with Gasteiger partial charge in [-0.1, -0.05) is 6.92 Å². The van der Waals surface area contributed by atoms with Gasteiger partial charge in [0, 0.05) is 24.4 Å². The van der Waals surface area contributed by atoms with E-state index in [1.807, 2.05) is 0 Å². The number of methoxy groups -OCH3 is 1. The Morgan fingerprint density at radius 2 is 2.00 bits per heavy atom. The van der Waals surface area contributed by atoms with Crippen molar-refractivity contribution in [1.82, 2.24) is 15.1 Å².